The number of carbonyl (C=O) groups is 2. The summed E-state index contributed by atoms with van der Waals surface area (Å²) in [7, 11) is 0. The molecule has 128 valence electrons. The van der Waals surface area contributed by atoms with Gasteiger partial charge >= 0.3 is 0 Å². The van der Waals surface area contributed by atoms with Crippen LogP contribution in [0.2, 0.25) is 5.02 Å². The number of carbonyl (C=O) groups excluding carboxylic acids is 2. The van der Waals surface area contributed by atoms with Crippen LogP contribution in [0.3, 0.4) is 0 Å². The minimum absolute atomic E-state index is 0.00977. The summed E-state index contributed by atoms with van der Waals surface area (Å²) in [5, 5.41) is 3.38. The first-order valence-corrected chi connectivity index (χ1v) is 8.02. The van der Waals surface area contributed by atoms with Crippen LogP contribution in [0.1, 0.15) is 34.6 Å². The number of ether oxygens (including phenoxy) is 1. The van der Waals surface area contributed by atoms with E-state index in [4.69, 9.17) is 16.3 Å². The summed E-state index contributed by atoms with van der Waals surface area (Å²) in [6.07, 6.45) is -0.698. The number of hydrogen-bond donors (Lipinski definition) is 1. The molecule has 5 nitrogen and oxygen atoms in total. The van der Waals surface area contributed by atoms with Crippen molar-refractivity contribution >= 4 is 23.4 Å². The molecule has 1 unspecified atom stereocenters. The number of amides is 2. The van der Waals surface area contributed by atoms with Gasteiger partial charge in [-0.25, -0.2) is 0 Å². The van der Waals surface area contributed by atoms with E-state index in [9.17, 15) is 9.59 Å². The number of benzene rings is 1. The van der Waals surface area contributed by atoms with Crippen molar-refractivity contribution in [3.63, 3.8) is 0 Å². The Morgan fingerprint density at radius 3 is 2.52 bits per heavy atom. The van der Waals surface area contributed by atoms with Crippen LogP contribution >= 0.6 is 11.6 Å². The minimum atomic E-state index is -0.698. The van der Waals surface area contributed by atoms with Crippen molar-refractivity contribution in [2.24, 2.45) is 0 Å². The zero-order valence-corrected chi connectivity index (χ0v) is 15.1. The summed E-state index contributed by atoms with van der Waals surface area (Å²) in [5.74, 6) is 0.0905. The van der Waals surface area contributed by atoms with Crippen molar-refractivity contribution in [3.05, 3.63) is 29.3 Å². The fraction of sp³-hybridized carbons (Fsp3) is 0.529. The first-order valence-electron chi connectivity index (χ1n) is 7.64. The Morgan fingerprint density at radius 1 is 1.35 bits per heavy atom. The fourth-order valence-corrected chi connectivity index (χ4v) is 2.21. The average molecular weight is 341 g/mol. The molecule has 0 aromatic heterocycles. The van der Waals surface area contributed by atoms with Crippen molar-refractivity contribution in [3.8, 4) is 5.75 Å². The molecule has 23 heavy (non-hydrogen) atoms. The zero-order chi connectivity index (χ0) is 17.6. The van der Waals surface area contributed by atoms with Gasteiger partial charge in [-0.05, 0) is 52.8 Å². The Hall–Kier alpha value is -1.75. The van der Waals surface area contributed by atoms with Gasteiger partial charge in [0.05, 0.1) is 6.54 Å². The molecule has 0 saturated heterocycles. The third-order valence-corrected chi connectivity index (χ3v) is 3.23. The smallest absolute Gasteiger partial charge is 0.263 e. The van der Waals surface area contributed by atoms with E-state index in [2.05, 4.69) is 5.32 Å². The molecule has 0 aliphatic heterocycles. The second-order valence-corrected chi connectivity index (χ2v) is 6.80. The van der Waals surface area contributed by atoms with E-state index in [0.29, 0.717) is 17.3 Å². The largest absolute Gasteiger partial charge is 0.481 e. The SMILES string of the molecule is CCN(CC(=O)NC(C)(C)C)C(=O)C(C)Oc1cccc(Cl)c1. The van der Waals surface area contributed by atoms with Crippen LogP contribution in [0.25, 0.3) is 0 Å². The number of nitrogens with one attached hydrogen (secondary N) is 1. The molecule has 1 N–H and O–H groups in total. The molecule has 0 aliphatic carbocycles. The van der Waals surface area contributed by atoms with Gasteiger partial charge in [-0.2, -0.15) is 0 Å². The highest BCUT2D eigenvalue weighted by atomic mass is 35.5. The molecule has 0 fully saturated rings. The van der Waals surface area contributed by atoms with Crippen molar-refractivity contribution in [1.29, 1.82) is 0 Å². The van der Waals surface area contributed by atoms with Crippen LogP contribution in [0.15, 0.2) is 24.3 Å². The topological polar surface area (TPSA) is 58.6 Å². The number of likely N-dealkylation sites (N-methyl/N-ethyl adjacent to an activating group) is 1. The molecule has 1 aromatic rings. The van der Waals surface area contributed by atoms with Crippen LogP contribution < -0.4 is 10.1 Å². The molecule has 0 bridgehead atoms. The summed E-state index contributed by atoms with van der Waals surface area (Å²) in [6, 6.07) is 6.87. The summed E-state index contributed by atoms with van der Waals surface area (Å²) in [6.45, 7) is 9.62. The summed E-state index contributed by atoms with van der Waals surface area (Å²) >= 11 is 5.90. The Bertz CT molecular complexity index is 555. The Balaban J connectivity index is 2.66. The van der Waals surface area contributed by atoms with Crippen LogP contribution in [-0.2, 0) is 9.59 Å². The maximum atomic E-state index is 12.5. The second kappa shape index (κ2) is 8.20. The minimum Gasteiger partial charge on any atom is -0.481 e. The van der Waals surface area contributed by atoms with Crippen molar-refractivity contribution < 1.29 is 14.3 Å². The molecule has 0 radical (unpaired) electrons. The molecule has 0 saturated carbocycles. The molecular formula is C17H25ClN2O3. The van der Waals surface area contributed by atoms with Crippen LogP contribution in [0.4, 0.5) is 0 Å². The predicted molar refractivity (Wildman–Crippen MR) is 91.7 cm³/mol. The van der Waals surface area contributed by atoms with Gasteiger partial charge in [0.15, 0.2) is 6.10 Å². The lowest BCUT2D eigenvalue weighted by Gasteiger charge is -2.27. The van der Waals surface area contributed by atoms with Gasteiger partial charge in [0.25, 0.3) is 5.91 Å². The van der Waals surface area contributed by atoms with Crippen LogP contribution in [0, 0.1) is 0 Å². The van der Waals surface area contributed by atoms with Gasteiger partial charge in [0, 0.05) is 17.1 Å². The third kappa shape index (κ3) is 6.91. The van der Waals surface area contributed by atoms with E-state index < -0.39 is 6.10 Å². The van der Waals surface area contributed by atoms with Crippen molar-refractivity contribution in [1.82, 2.24) is 10.2 Å². The number of rotatable bonds is 6. The second-order valence-electron chi connectivity index (χ2n) is 6.37. The highest BCUT2D eigenvalue weighted by Gasteiger charge is 2.24. The highest BCUT2D eigenvalue weighted by molar-refractivity contribution is 6.30. The fourth-order valence-electron chi connectivity index (χ4n) is 2.03. The number of hydrogen-bond acceptors (Lipinski definition) is 3. The van der Waals surface area contributed by atoms with Gasteiger partial charge in [-0.1, -0.05) is 17.7 Å². The van der Waals surface area contributed by atoms with E-state index >= 15 is 0 Å². The first-order chi connectivity index (χ1) is 10.6. The molecule has 1 atom stereocenters. The van der Waals surface area contributed by atoms with Crippen molar-refractivity contribution in [2.45, 2.75) is 46.3 Å². The molecular weight excluding hydrogens is 316 g/mol. The summed E-state index contributed by atoms with van der Waals surface area (Å²) < 4.78 is 5.61. The highest BCUT2D eigenvalue weighted by Crippen LogP contribution is 2.18. The lowest BCUT2D eigenvalue weighted by atomic mass is 10.1. The van der Waals surface area contributed by atoms with E-state index in [1.54, 1.807) is 31.2 Å². The molecule has 1 rings (SSSR count). The zero-order valence-electron chi connectivity index (χ0n) is 14.4. The number of nitrogens with zero attached hydrogens (tertiary/aromatic N) is 1. The Morgan fingerprint density at radius 2 is 2.00 bits per heavy atom. The molecule has 2 amide bonds. The van der Waals surface area contributed by atoms with Gasteiger partial charge in [0.2, 0.25) is 5.91 Å². The Kier molecular flexibility index (Phi) is 6.88. The van der Waals surface area contributed by atoms with E-state index in [0.717, 1.165) is 0 Å². The molecule has 0 heterocycles. The van der Waals surface area contributed by atoms with Crippen molar-refractivity contribution in [2.75, 3.05) is 13.1 Å². The average Bonchev–Trinajstić information content (AvgIpc) is 2.42. The third-order valence-electron chi connectivity index (χ3n) is 3.00. The monoisotopic (exact) mass is 340 g/mol. The van der Waals surface area contributed by atoms with E-state index in [1.165, 1.54) is 4.90 Å². The lowest BCUT2D eigenvalue weighted by molar-refractivity contribution is -0.141. The standard InChI is InChI=1S/C17H25ClN2O3/c1-6-20(11-15(21)19-17(3,4)5)16(22)12(2)23-14-9-7-8-13(18)10-14/h7-10,12H,6,11H2,1-5H3,(H,19,21). The molecule has 1 aromatic carbocycles. The van der Waals surface area contributed by atoms with E-state index in [1.807, 2.05) is 27.7 Å². The molecule has 0 aliphatic rings. The van der Waals surface area contributed by atoms with E-state index in [-0.39, 0.29) is 23.9 Å². The normalized spacial score (nSPS) is 12.4. The predicted octanol–water partition coefficient (Wildman–Crippen LogP) is 2.87. The maximum Gasteiger partial charge on any atom is 0.263 e. The quantitative estimate of drug-likeness (QED) is 0.866. The first kappa shape index (κ1) is 19.3. The lowest BCUT2D eigenvalue weighted by Crippen LogP contribution is -2.49. The maximum absolute atomic E-state index is 12.5. The summed E-state index contributed by atoms with van der Waals surface area (Å²) in [5.41, 5.74) is -0.331. The molecule has 0 spiro atoms. The van der Waals surface area contributed by atoms with Gasteiger partial charge < -0.3 is 15.0 Å². The van der Waals surface area contributed by atoms with Gasteiger partial charge in [0.1, 0.15) is 5.75 Å². The summed E-state index contributed by atoms with van der Waals surface area (Å²) in [4.78, 5) is 25.9. The van der Waals surface area contributed by atoms with Gasteiger partial charge in [-0.3, -0.25) is 9.59 Å². The van der Waals surface area contributed by atoms with Gasteiger partial charge in [-0.15, -0.1) is 0 Å². The number of halogens is 1. The van der Waals surface area contributed by atoms with Crippen LogP contribution in [-0.4, -0.2) is 41.4 Å². The van der Waals surface area contributed by atoms with Crippen LogP contribution in [0.5, 0.6) is 5.75 Å². The Labute approximate surface area is 142 Å². The molecule has 6 heteroatoms.